The minimum absolute atomic E-state index is 0.0310. The highest BCUT2D eigenvalue weighted by atomic mass is 32.2. The van der Waals surface area contributed by atoms with Crippen molar-refractivity contribution in [2.45, 2.75) is 24.4 Å². The van der Waals surface area contributed by atoms with E-state index in [1.54, 1.807) is 41.9 Å². The number of unbranched alkanes of at least 4 members (excludes halogenated alkanes) is 1. The predicted molar refractivity (Wildman–Crippen MR) is 156 cm³/mol. The van der Waals surface area contributed by atoms with Gasteiger partial charge in [-0.1, -0.05) is 12.1 Å². The molecular formula is C27H35N7O6S. The van der Waals surface area contributed by atoms with E-state index in [1.807, 2.05) is 25.1 Å². The first-order valence-electron chi connectivity index (χ1n) is 12.9. The second-order valence-electron chi connectivity index (χ2n) is 9.47. The number of imidazole rings is 1. The molecule has 3 N–H and O–H groups in total. The number of aliphatic hydroxyl groups excluding tert-OH is 1. The monoisotopic (exact) mass is 585 g/mol. The number of aliphatic hydroxyl groups is 1. The van der Waals surface area contributed by atoms with Crippen LogP contribution in [0.15, 0.2) is 47.6 Å². The SMILES string of the molecule is COc1cc(Nc2nc3ccccc3nc2NS(=O)(=O)c2cn(C)c(CN(C)C)n2)c(OCCCCO)c(OC)c1. The summed E-state index contributed by atoms with van der Waals surface area (Å²) >= 11 is 0. The third-order valence-electron chi connectivity index (χ3n) is 6.02. The van der Waals surface area contributed by atoms with Gasteiger partial charge in [0.2, 0.25) is 0 Å². The standard InChI is InChI=1S/C27H35N7O6S/c1-33(2)16-23-31-24(17-34(23)3)41(36,37)32-27-26(28-19-10-6-7-11-20(19)29-27)30-21-14-18(38-4)15-22(39-5)25(21)40-13-9-8-12-35/h6-7,10-11,14-15,17,35H,8-9,12-13,16H2,1-5H3,(H,28,30)(H,29,32). The molecule has 0 atom stereocenters. The number of methoxy groups -OCH3 is 2. The van der Waals surface area contributed by atoms with E-state index in [9.17, 15) is 8.42 Å². The van der Waals surface area contributed by atoms with E-state index in [-0.39, 0.29) is 23.3 Å². The Bertz CT molecular complexity index is 1610. The van der Waals surface area contributed by atoms with Gasteiger partial charge in [-0.15, -0.1) is 0 Å². The number of rotatable bonds is 14. The van der Waals surface area contributed by atoms with Crippen LogP contribution in [-0.4, -0.2) is 79.5 Å². The van der Waals surface area contributed by atoms with E-state index >= 15 is 0 Å². The Hall–Kier alpha value is -4.14. The highest BCUT2D eigenvalue weighted by Crippen LogP contribution is 2.42. The number of aryl methyl sites for hydroxylation is 1. The highest BCUT2D eigenvalue weighted by molar-refractivity contribution is 7.92. The van der Waals surface area contributed by atoms with Crippen LogP contribution in [-0.2, 0) is 23.6 Å². The van der Waals surface area contributed by atoms with Gasteiger partial charge < -0.3 is 34.1 Å². The van der Waals surface area contributed by atoms with Crippen molar-refractivity contribution in [3.63, 3.8) is 0 Å². The van der Waals surface area contributed by atoms with Crippen LogP contribution in [0.4, 0.5) is 17.3 Å². The molecule has 13 nitrogen and oxygen atoms in total. The molecule has 0 spiro atoms. The number of benzene rings is 2. The summed E-state index contributed by atoms with van der Waals surface area (Å²) in [4.78, 5) is 15.5. The van der Waals surface area contributed by atoms with Crippen molar-refractivity contribution in [3.05, 3.63) is 48.4 Å². The molecule has 0 saturated heterocycles. The number of nitrogens with one attached hydrogen (secondary N) is 2. The maximum Gasteiger partial charge on any atom is 0.282 e. The topological polar surface area (TPSA) is 153 Å². The molecule has 4 rings (SSSR count). The van der Waals surface area contributed by atoms with Crippen LogP contribution in [0.3, 0.4) is 0 Å². The Kier molecular flexibility index (Phi) is 9.47. The minimum atomic E-state index is -4.14. The molecule has 0 saturated carbocycles. The second kappa shape index (κ2) is 13.0. The molecular weight excluding hydrogens is 550 g/mol. The number of hydrogen-bond acceptors (Lipinski definition) is 11. The van der Waals surface area contributed by atoms with E-state index in [4.69, 9.17) is 19.3 Å². The average molecular weight is 586 g/mol. The number of nitrogens with zero attached hydrogens (tertiary/aromatic N) is 5. The fraction of sp³-hybridized carbons (Fsp3) is 0.370. The van der Waals surface area contributed by atoms with Crippen molar-refractivity contribution in [3.8, 4) is 17.2 Å². The lowest BCUT2D eigenvalue weighted by Gasteiger charge is -2.19. The van der Waals surface area contributed by atoms with E-state index in [2.05, 4.69) is 25.0 Å². The molecule has 41 heavy (non-hydrogen) atoms. The summed E-state index contributed by atoms with van der Waals surface area (Å²) in [5, 5.41) is 12.2. The largest absolute Gasteiger partial charge is 0.497 e. The van der Waals surface area contributed by atoms with Gasteiger partial charge in [-0.2, -0.15) is 8.42 Å². The molecule has 0 aliphatic carbocycles. The zero-order chi connectivity index (χ0) is 29.6. The zero-order valence-corrected chi connectivity index (χ0v) is 24.5. The predicted octanol–water partition coefficient (Wildman–Crippen LogP) is 3.14. The Labute approximate surface area is 239 Å². The van der Waals surface area contributed by atoms with Gasteiger partial charge in [-0.3, -0.25) is 4.72 Å². The van der Waals surface area contributed by atoms with Gasteiger partial charge >= 0.3 is 0 Å². The summed E-state index contributed by atoms with van der Waals surface area (Å²) in [6.45, 7) is 0.834. The Balaban J connectivity index is 1.77. The molecule has 0 amide bonds. The third kappa shape index (κ3) is 7.14. The number of sulfonamides is 1. The van der Waals surface area contributed by atoms with Crippen LogP contribution >= 0.6 is 0 Å². The van der Waals surface area contributed by atoms with Gasteiger partial charge in [-0.05, 0) is 39.1 Å². The quantitative estimate of drug-likeness (QED) is 0.187. The van der Waals surface area contributed by atoms with Crippen molar-refractivity contribution in [1.29, 1.82) is 0 Å². The molecule has 2 aromatic heterocycles. The fourth-order valence-electron chi connectivity index (χ4n) is 3.98. The molecule has 4 aromatic rings. The lowest BCUT2D eigenvalue weighted by molar-refractivity contribution is 0.248. The summed E-state index contributed by atoms with van der Waals surface area (Å²) in [5.74, 6) is 1.93. The van der Waals surface area contributed by atoms with Gasteiger partial charge in [0.1, 0.15) is 11.6 Å². The number of para-hydroxylation sites is 2. The Morgan fingerprint density at radius 1 is 1.00 bits per heavy atom. The molecule has 0 aliphatic heterocycles. The lowest BCUT2D eigenvalue weighted by atomic mass is 10.2. The highest BCUT2D eigenvalue weighted by Gasteiger charge is 2.24. The van der Waals surface area contributed by atoms with E-state index in [0.717, 1.165) is 0 Å². The van der Waals surface area contributed by atoms with Gasteiger partial charge in [0.05, 0.1) is 44.1 Å². The van der Waals surface area contributed by atoms with Crippen molar-refractivity contribution in [2.75, 3.05) is 51.6 Å². The summed E-state index contributed by atoms with van der Waals surface area (Å²) in [6.07, 6.45) is 2.65. The second-order valence-corrected chi connectivity index (χ2v) is 11.1. The maximum absolute atomic E-state index is 13.5. The Morgan fingerprint density at radius 3 is 2.34 bits per heavy atom. The average Bonchev–Trinajstić information content (AvgIpc) is 3.31. The van der Waals surface area contributed by atoms with Gasteiger partial charge in [0.25, 0.3) is 10.0 Å². The van der Waals surface area contributed by atoms with Gasteiger partial charge in [0.15, 0.2) is 28.2 Å². The van der Waals surface area contributed by atoms with Crippen LogP contribution in [0.25, 0.3) is 11.0 Å². The molecule has 0 unspecified atom stereocenters. The van der Waals surface area contributed by atoms with Gasteiger partial charge in [0, 0.05) is 32.0 Å². The van der Waals surface area contributed by atoms with E-state index in [1.165, 1.54) is 20.4 Å². The first-order valence-corrected chi connectivity index (χ1v) is 14.4. The number of ether oxygens (including phenoxy) is 3. The Morgan fingerprint density at radius 2 is 1.71 bits per heavy atom. The fourth-order valence-corrected chi connectivity index (χ4v) is 5.00. The van der Waals surface area contributed by atoms with Crippen LogP contribution in [0.1, 0.15) is 18.7 Å². The van der Waals surface area contributed by atoms with Crippen LogP contribution in [0.2, 0.25) is 0 Å². The molecule has 2 heterocycles. The molecule has 0 bridgehead atoms. The smallest absolute Gasteiger partial charge is 0.282 e. The number of anilines is 3. The van der Waals surface area contributed by atoms with Crippen LogP contribution in [0.5, 0.6) is 17.2 Å². The van der Waals surface area contributed by atoms with Crippen molar-refractivity contribution in [2.24, 2.45) is 7.05 Å². The maximum atomic E-state index is 13.5. The van der Waals surface area contributed by atoms with E-state index in [0.29, 0.717) is 65.8 Å². The number of aromatic nitrogens is 4. The summed E-state index contributed by atoms with van der Waals surface area (Å²) < 4.78 is 48.2. The normalized spacial score (nSPS) is 11.6. The lowest BCUT2D eigenvalue weighted by Crippen LogP contribution is -2.17. The first-order chi connectivity index (χ1) is 19.6. The van der Waals surface area contributed by atoms with Crippen molar-refractivity contribution >= 4 is 38.4 Å². The molecule has 220 valence electrons. The number of hydrogen-bond donors (Lipinski definition) is 3. The van der Waals surface area contributed by atoms with Crippen molar-refractivity contribution < 1.29 is 27.7 Å². The van der Waals surface area contributed by atoms with Crippen LogP contribution in [0, 0.1) is 0 Å². The zero-order valence-electron chi connectivity index (χ0n) is 23.7. The molecule has 0 radical (unpaired) electrons. The van der Waals surface area contributed by atoms with E-state index < -0.39 is 10.0 Å². The minimum Gasteiger partial charge on any atom is -0.497 e. The summed E-state index contributed by atoms with van der Waals surface area (Å²) in [6, 6.07) is 10.5. The number of fused-ring (bicyclic) bond motifs is 1. The van der Waals surface area contributed by atoms with Gasteiger partial charge in [-0.25, -0.2) is 15.0 Å². The molecule has 14 heteroatoms. The third-order valence-corrected chi connectivity index (χ3v) is 7.23. The van der Waals surface area contributed by atoms with Crippen molar-refractivity contribution in [1.82, 2.24) is 24.4 Å². The molecule has 0 aliphatic rings. The molecule has 0 fully saturated rings. The van der Waals surface area contributed by atoms with Crippen LogP contribution < -0.4 is 24.2 Å². The summed E-state index contributed by atoms with van der Waals surface area (Å²) in [7, 11) is 4.38. The molecule has 2 aromatic carbocycles. The first kappa shape index (κ1) is 29.8. The summed E-state index contributed by atoms with van der Waals surface area (Å²) in [5.41, 5.74) is 1.46.